The molecule has 1 heterocycles. The van der Waals surface area contributed by atoms with Crippen molar-refractivity contribution in [1.82, 2.24) is 14.7 Å². The Balaban J connectivity index is 1.76. The number of aromatic nitrogens is 2. The van der Waals surface area contributed by atoms with E-state index in [1.54, 1.807) is 18.7 Å². The highest BCUT2D eigenvalue weighted by atomic mass is 19.4. The van der Waals surface area contributed by atoms with Crippen molar-refractivity contribution in [1.29, 1.82) is 0 Å². The minimum atomic E-state index is -4.37. The van der Waals surface area contributed by atoms with Gasteiger partial charge in [-0.15, -0.1) is 0 Å². The SMILES string of the molecule is Cc1nn(Cc2ccccc2)c(C)c1C(=O)N(C)Cc1ccc(C(F)(F)F)cc1. The molecule has 0 unspecified atom stereocenters. The van der Waals surface area contributed by atoms with Gasteiger partial charge in [0.2, 0.25) is 0 Å². The molecule has 29 heavy (non-hydrogen) atoms. The zero-order chi connectivity index (χ0) is 21.2. The standard InChI is InChI=1S/C22H22F3N3O/c1-15-20(16(2)28(26-15)14-17-7-5-4-6-8-17)21(29)27(3)13-18-9-11-19(12-10-18)22(23,24)25/h4-12H,13-14H2,1-3H3. The normalized spacial score (nSPS) is 11.5. The summed E-state index contributed by atoms with van der Waals surface area (Å²) in [5.41, 5.74) is 2.91. The molecule has 7 heteroatoms. The molecule has 4 nitrogen and oxygen atoms in total. The van der Waals surface area contributed by atoms with Crippen LogP contribution in [0.2, 0.25) is 0 Å². The summed E-state index contributed by atoms with van der Waals surface area (Å²) in [5.74, 6) is -0.209. The summed E-state index contributed by atoms with van der Waals surface area (Å²) >= 11 is 0. The van der Waals surface area contributed by atoms with Gasteiger partial charge >= 0.3 is 6.18 Å². The summed E-state index contributed by atoms with van der Waals surface area (Å²) in [4.78, 5) is 14.5. The van der Waals surface area contributed by atoms with E-state index >= 15 is 0 Å². The van der Waals surface area contributed by atoms with Gasteiger partial charge in [0.05, 0.1) is 23.4 Å². The number of rotatable bonds is 5. The van der Waals surface area contributed by atoms with E-state index < -0.39 is 11.7 Å². The molecule has 0 saturated carbocycles. The van der Waals surface area contributed by atoms with E-state index in [1.165, 1.54) is 17.0 Å². The van der Waals surface area contributed by atoms with Gasteiger partial charge in [-0.05, 0) is 37.1 Å². The minimum absolute atomic E-state index is 0.208. The van der Waals surface area contributed by atoms with Crippen LogP contribution >= 0.6 is 0 Å². The quantitative estimate of drug-likeness (QED) is 0.614. The first-order chi connectivity index (χ1) is 13.7. The topological polar surface area (TPSA) is 38.1 Å². The van der Waals surface area contributed by atoms with Crippen LogP contribution in [-0.2, 0) is 19.3 Å². The van der Waals surface area contributed by atoms with Crippen molar-refractivity contribution < 1.29 is 18.0 Å². The number of carbonyl (C=O) groups excluding carboxylic acids is 1. The summed E-state index contributed by atoms with van der Waals surface area (Å²) < 4.78 is 39.9. The number of hydrogen-bond acceptors (Lipinski definition) is 2. The molecular formula is C22H22F3N3O. The Morgan fingerprint density at radius 1 is 1.00 bits per heavy atom. The lowest BCUT2D eigenvalue weighted by Gasteiger charge is -2.18. The van der Waals surface area contributed by atoms with E-state index in [2.05, 4.69) is 5.10 Å². The van der Waals surface area contributed by atoms with Crippen LogP contribution in [0.5, 0.6) is 0 Å². The third-order valence-corrected chi connectivity index (χ3v) is 4.82. The second-order valence-corrected chi connectivity index (χ2v) is 7.04. The number of carbonyl (C=O) groups is 1. The highest BCUT2D eigenvalue weighted by Gasteiger charge is 2.30. The second kappa shape index (κ2) is 8.11. The maximum absolute atomic E-state index is 13.0. The van der Waals surface area contributed by atoms with Gasteiger partial charge in [0.25, 0.3) is 5.91 Å². The number of amides is 1. The molecule has 0 aliphatic carbocycles. The molecule has 3 aromatic rings. The first-order valence-corrected chi connectivity index (χ1v) is 9.16. The van der Waals surface area contributed by atoms with Crippen LogP contribution in [0.4, 0.5) is 13.2 Å². The van der Waals surface area contributed by atoms with Crippen molar-refractivity contribution in [2.24, 2.45) is 0 Å². The molecule has 152 valence electrons. The molecule has 0 N–H and O–H groups in total. The predicted molar refractivity (Wildman–Crippen MR) is 104 cm³/mol. The Kier molecular flexibility index (Phi) is 5.77. The molecule has 0 fully saturated rings. The van der Waals surface area contributed by atoms with Crippen LogP contribution in [0.3, 0.4) is 0 Å². The van der Waals surface area contributed by atoms with Crippen molar-refractivity contribution in [2.75, 3.05) is 7.05 Å². The average molecular weight is 401 g/mol. The van der Waals surface area contributed by atoms with Gasteiger partial charge in [-0.3, -0.25) is 9.48 Å². The molecule has 0 aliphatic rings. The second-order valence-electron chi connectivity index (χ2n) is 7.04. The summed E-state index contributed by atoms with van der Waals surface area (Å²) in [5, 5.41) is 4.50. The largest absolute Gasteiger partial charge is 0.416 e. The third-order valence-electron chi connectivity index (χ3n) is 4.82. The summed E-state index contributed by atoms with van der Waals surface area (Å²) in [6.45, 7) is 4.40. The highest BCUT2D eigenvalue weighted by molar-refractivity contribution is 5.96. The Labute approximate surface area is 167 Å². The van der Waals surface area contributed by atoms with Crippen molar-refractivity contribution in [3.05, 3.63) is 88.2 Å². The first kappa shape index (κ1) is 20.6. The van der Waals surface area contributed by atoms with E-state index in [0.717, 1.165) is 23.4 Å². The lowest BCUT2D eigenvalue weighted by Crippen LogP contribution is -2.27. The Bertz CT molecular complexity index is 993. The Hall–Kier alpha value is -3.09. The Morgan fingerprint density at radius 3 is 2.21 bits per heavy atom. The van der Waals surface area contributed by atoms with Gasteiger partial charge in [0.1, 0.15) is 0 Å². The smallest absolute Gasteiger partial charge is 0.337 e. The molecule has 3 rings (SSSR count). The number of aryl methyl sites for hydroxylation is 1. The van der Waals surface area contributed by atoms with Gasteiger partial charge < -0.3 is 4.90 Å². The molecule has 0 saturated heterocycles. The van der Waals surface area contributed by atoms with Gasteiger partial charge in [-0.25, -0.2) is 0 Å². The molecule has 0 radical (unpaired) electrons. The van der Waals surface area contributed by atoms with E-state index in [0.29, 0.717) is 23.4 Å². The van der Waals surface area contributed by atoms with Gasteiger partial charge in [0, 0.05) is 19.3 Å². The number of nitrogens with zero attached hydrogens (tertiary/aromatic N) is 3. The van der Waals surface area contributed by atoms with Crippen LogP contribution in [0.1, 0.15) is 38.4 Å². The average Bonchev–Trinajstić information content (AvgIpc) is 2.95. The van der Waals surface area contributed by atoms with Crippen molar-refractivity contribution in [2.45, 2.75) is 33.1 Å². The number of benzene rings is 2. The van der Waals surface area contributed by atoms with Crippen LogP contribution < -0.4 is 0 Å². The van der Waals surface area contributed by atoms with E-state index in [1.807, 2.05) is 37.3 Å². The summed E-state index contributed by atoms with van der Waals surface area (Å²) in [6.07, 6.45) is -4.37. The van der Waals surface area contributed by atoms with Crippen molar-refractivity contribution >= 4 is 5.91 Å². The van der Waals surface area contributed by atoms with Crippen molar-refractivity contribution in [3.63, 3.8) is 0 Å². The molecule has 0 bridgehead atoms. The lowest BCUT2D eigenvalue weighted by molar-refractivity contribution is -0.137. The third kappa shape index (κ3) is 4.67. The summed E-state index contributed by atoms with van der Waals surface area (Å²) in [7, 11) is 1.63. The molecule has 1 amide bonds. The minimum Gasteiger partial charge on any atom is -0.337 e. The zero-order valence-electron chi connectivity index (χ0n) is 16.5. The van der Waals surface area contributed by atoms with E-state index in [4.69, 9.17) is 0 Å². The van der Waals surface area contributed by atoms with Crippen molar-refractivity contribution in [3.8, 4) is 0 Å². The van der Waals surface area contributed by atoms with E-state index in [-0.39, 0.29) is 12.5 Å². The maximum Gasteiger partial charge on any atom is 0.416 e. The van der Waals surface area contributed by atoms with Crippen LogP contribution in [0.25, 0.3) is 0 Å². The fourth-order valence-electron chi connectivity index (χ4n) is 3.25. The molecule has 0 atom stereocenters. The number of hydrogen-bond donors (Lipinski definition) is 0. The van der Waals surface area contributed by atoms with Crippen LogP contribution in [0.15, 0.2) is 54.6 Å². The number of halogens is 3. The van der Waals surface area contributed by atoms with E-state index in [9.17, 15) is 18.0 Å². The maximum atomic E-state index is 13.0. The Morgan fingerprint density at radius 2 is 1.62 bits per heavy atom. The molecule has 1 aromatic heterocycles. The number of alkyl halides is 3. The first-order valence-electron chi connectivity index (χ1n) is 9.16. The zero-order valence-corrected chi connectivity index (χ0v) is 16.5. The lowest BCUT2D eigenvalue weighted by atomic mass is 10.1. The van der Waals surface area contributed by atoms with Crippen LogP contribution in [0, 0.1) is 13.8 Å². The molecular weight excluding hydrogens is 379 g/mol. The fourth-order valence-corrected chi connectivity index (χ4v) is 3.25. The van der Waals surface area contributed by atoms with Gasteiger partial charge in [-0.2, -0.15) is 18.3 Å². The fraction of sp³-hybridized carbons (Fsp3) is 0.273. The monoisotopic (exact) mass is 401 g/mol. The van der Waals surface area contributed by atoms with Gasteiger partial charge in [-0.1, -0.05) is 42.5 Å². The summed E-state index contributed by atoms with van der Waals surface area (Å²) in [6, 6.07) is 14.7. The molecule has 2 aromatic carbocycles. The molecule has 0 spiro atoms. The van der Waals surface area contributed by atoms with Gasteiger partial charge in [0.15, 0.2) is 0 Å². The predicted octanol–water partition coefficient (Wildman–Crippen LogP) is 4.84. The van der Waals surface area contributed by atoms with Crippen LogP contribution in [-0.4, -0.2) is 27.6 Å². The molecule has 0 aliphatic heterocycles. The highest BCUT2D eigenvalue weighted by Crippen LogP contribution is 2.29.